The summed E-state index contributed by atoms with van der Waals surface area (Å²) in [5, 5.41) is 0. The summed E-state index contributed by atoms with van der Waals surface area (Å²) in [6.45, 7) is 55.3. The molecule has 8 heteroatoms. The first kappa shape index (κ1) is 135. The average Bonchev–Trinajstić information content (AvgIpc) is 3.32. The van der Waals surface area contributed by atoms with E-state index in [2.05, 4.69) is 186 Å². The van der Waals surface area contributed by atoms with Gasteiger partial charge in [-0.1, -0.05) is 267 Å². The third-order valence-corrected chi connectivity index (χ3v) is 7.69. The Hall–Kier alpha value is 2.18. The van der Waals surface area contributed by atoms with Crippen LogP contribution in [-0.2, 0) is 0 Å². The van der Waals surface area contributed by atoms with Gasteiger partial charge in [0.25, 0.3) is 0 Å². The van der Waals surface area contributed by atoms with E-state index in [9.17, 15) is 0 Å². The predicted molar refractivity (Wildman–Crippen MR) is 320 cm³/mol. The van der Waals surface area contributed by atoms with Gasteiger partial charge >= 0.3 is 151 Å². The molecular formula is C64H130Li8+2. The first-order valence-corrected chi connectivity index (χ1v) is 25.8. The second-order valence-corrected chi connectivity index (χ2v) is 14.3. The first-order chi connectivity index (χ1) is 30.1. The molecule has 0 aromatic heterocycles. The van der Waals surface area contributed by atoms with Gasteiger partial charge < -0.3 is 22.2 Å². The van der Waals surface area contributed by atoms with Crippen LogP contribution in [0.4, 0.5) is 0 Å². The van der Waals surface area contributed by atoms with Gasteiger partial charge in [-0.3, -0.25) is 0 Å². The molecule has 0 N–H and O–H groups in total. The molecule has 0 amide bonds. The summed E-state index contributed by atoms with van der Waals surface area (Å²) in [7, 11) is 0. The molecule has 392 valence electrons. The second kappa shape index (κ2) is 195. The van der Waals surface area contributed by atoms with E-state index < -0.39 is 0 Å². The van der Waals surface area contributed by atoms with Crippen molar-refractivity contribution in [2.24, 2.45) is 0 Å². The molecule has 0 atom stereocenters. The van der Waals surface area contributed by atoms with E-state index in [1.807, 2.05) is 12.2 Å². The maximum atomic E-state index is 3.60. The van der Waals surface area contributed by atoms with Gasteiger partial charge in [0.2, 0.25) is 0 Å². The van der Waals surface area contributed by atoms with Crippen LogP contribution in [-0.4, -0.2) is 0 Å². The topological polar surface area (TPSA) is 0 Å². The summed E-state index contributed by atoms with van der Waals surface area (Å²) in [4.78, 5) is 0. The van der Waals surface area contributed by atoms with Crippen LogP contribution >= 0.6 is 0 Å². The van der Waals surface area contributed by atoms with Crippen LogP contribution in [0.3, 0.4) is 0 Å². The Morgan fingerprint density at radius 3 is 0.694 bits per heavy atom. The molecule has 0 aliphatic heterocycles. The summed E-state index contributed by atoms with van der Waals surface area (Å²) in [5.41, 5.74) is 0. The fraction of sp³-hybridized carbons (Fsp3) is 0.641. The smallest absolute Gasteiger partial charge is 1.00 e. The zero-order valence-electron chi connectivity index (χ0n) is 54.2. The molecule has 0 nitrogen and oxygen atoms in total. The molecule has 72 heavy (non-hydrogen) atoms. The van der Waals surface area contributed by atoms with Gasteiger partial charge in [-0.05, 0) is 58.8 Å². The molecule has 0 rings (SSSR count). The molecule has 0 bridgehead atoms. The minimum Gasteiger partial charge on any atom is -1.00 e. The largest absolute Gasteiger partial charge is 1.00 e. The Morgan fingerprint density at radius 1 is 0.319 bits per heavy atom. The molecule has 0 aliphatic carbocycles. The fourth-order valence-electron chi connectivity index (χ4n) is 3.53. The van der Waals surface area contributed by atoms with Crippen LogP contribution in [0.25, 0.3) is 0 Å². The molecule has 0 spiro atoms. The minimum atomic E-state index is 0. The number of rotatable bonds is 29. The minimum absolute atomic E-state index is 0. The van der Waals surface area contributed by atoms with Crippen molar-refractivity contribution in [2.45, 2.75) is 271 Å². The Bertz CT molecular complexity index is 699. The van der Waals surface area contributed by atoms with Crippen molar-refractivity contribution in [3.05, 3.63) is 146 Å². The van der Waals surface area contributed by atoms with Crippen molar-refractivity contribution in [1.29, 1.82) is 0 Å². The number of allylic oxidation sites excluding steroid dienone is 12. The molecule has 0 saturated heterocycles. The van der Waals surface area contributed by atoms with Gasteiger partial charge in [-0.25, -0.2) is 38.2 Å². The van der Waals surface area contributed by atoms with Gasteiger partial charge in [-0.2, -0.15) is 19.3 Å². The monoisotopic (exact) mass is 955 g/mol. The van der Waals surface area contributed by atoms with Gasteiger partial charge in [0.05, 0.1) is 0 Å². The van der Waals surface area contributed by atoms with Crippen molar-refractivity contribution in [3.8, 4) is 0 Å². The van der Waals surface area contributed by atoms with Gasteiger partial charge in [0.1, 0.15) is 0 Å². The summed E-state index contributed by atoms with van der Waals surface area (Å²) in [6.07, 6.45) is 63.7. The van der Waals surface area contributed by atoms with Crippen LogP contribution < -0.4 is 151 Å². The third kappa shape index (κ3) is 313. The average molecular weight is 955 g/mol. The molecular weight excluding hydrogens is 824 g/mol. The Labute approximate surface area is 562 Å². The molecule has 0 radical (unpaired) electrons. The third-order valence-electron chi connectivity index (χ3n) is 7.69. The quantitative estimate of drug-likeness (QED) is 0.0348. The van der Waals surface area contributed by atoms with Crippen LogP contribution in [0.15, 0.2) is 112 Å². The molecule has 0 saturated carbocycles. The number of unbranched alkanes of at least 4 members (excludes halogenated alkanes) is 21. The first-order valence-electron chi connectivity index (χ1n) is 25.8. The fourth-order valence-corrected chi connectivity index (χ4v) is 3.53. The number of hydrogen-bond donors (Lipinski definition) is 0. The van der Waals surface area contributed by atoms with E-state index in [0.29, 0.717) is 0 Å². The second-order valence-electron chi connectivity index (χ2n) is 14.3. The van der Waals surface area contributed by atoms with Gasteiger partial charge in [-0.15, -0.1) is 12.8 Å². The Kier molecular flexibility index (Phi) is 367. The van der Waals surface area contributed by atoms with Crippen LogP contribution in [0.2, 0.25) is 0 Å². The number of hydrogen-bond acceptors (Lipinski definition) is 0. The summed E-state index contributed by atoms with van der Waals surface area (Å²) in [6, 6.07) is 0. The van der Waals surface area contributed by atoms with Crippen LogP contribution in [0.5, 0.6) is 0 Å². The standard InChI is InChI=1S/C10H20.2C8H16.2C8H15.3C4H9.2C4H6.2CH4.8Li.H/c1-3-5-7-9-10-8-6-4-2;4*1-3-5-7-8-6-4-2;5*1-3-4-2;;;;;;;;;;;/h7,9H,3-6,8,10H2,1-2H3;2*3,5H,4,6-8H2,1-2H3;2*3,5H,1,4,6-8H2,2H3;3*1,3-4H2,2H3;2*3-4H,1-2H2;2*1H4;;;;;;;;;/q;;;5*-1;;;;;8*+1;-1/b9-7+;2*5-3+;;;;;;;;;;;;;;;;;;. The zero-order valence-corrected chi connectivity index (χ0v) is 53.2. The molecule has 0 unspecified atom stereocenters. The van der Waals surface area contributed by atoms with Gasteiger partial charge in [0, 0.05) is 0 Å². The Balaban J connectivity index is -0.0000000216. The van der Waals surface area contributed by atoms with Gasteiger partial charge in [0.15, 0.2) is 0 Å². The van der Waals surface area contributed by atoms with Crippen molar-refractivity contribution in [3.63, 3.8) is 0 Å². The van der Waals surface area contributed by atoms with E-state index in [1.54, 1.807) is 24.3 Å². The summed E-state index contributed by atoms with van der Waals surface area (Å²) >= 11 is 0. The van der Waals surface area contributed by atoms with Crippen molar-refractivity contribution in [1.82, 2.24) is 0 Å². The molecule has 0 heterocycles. The van der Waals surface area contributed by atoms with E-state index in [0.717, 1.165) is 19.3 Å². The maximum Gasteiger partial charge on any atom is 1.00 e. The summed E-state index contributed by atoms with van der Waals surface area (Å²) < 4.78 is 0. The molecule has 0 aromatic rings. The van der Waals surface area contributed by atoms with Crippen molar-refractivity contribution < 1.29 is 152 Å². The van der Waals surface area contributed by atoms with Crippen LogP contribution in [0.1, 0.15) is 272 Å². The SMILES string of the molecule is C.C.C/C=C/CCCCC.C/C=C/CCCCC.C=CC=C.C=CC=C.C=C[CH-]CCCCC.C=C[CH-]CCCCC.CCC/C=C/CCCCC.[CH2-]CCC.[CH2-]CCC.[CH2-]CCC.[H-].[Li+].[Li+].[Li+].[Li+].[Li+].[Li+].[Li+].[Li+]. The Morgan fingerprint density at radius 2 is 0.528 bits per heavy atom. The van der Waals surface area contributed by atoms with Crippen molar-refractivity contribution in [2.75, 3.05) is 0 Å². The normalized spacial score (nSPS) is 7.64. The molecule has 0 aliphatic rings. The van der Waals surface area contributed by atoms with Crippen LogP contribution in [0, 0.1) is 33.6 Å². The predicted octanol–water partition coefficient (Wildman–Crippen LogP) is 1.12. The van der Waals surface area contributed by atoms with E-state index in [1.165, 1.54) is 161 Å². The van der Waals surface area contributed by atoms with E-state index >= 15 is 0 Å². The summed E-state index contributed by atoms with van der Waals surface area (Å²) in [5.74, 6) is 0. The van der Waals surface area contributed by atoms with E-state index in [-0.39, 0.29) is 167 Å². The molecule has 0 fully saturated rings. The van der Waals surface area contributed by atoms with Crippen molar-refractivity contribution >= 4 is 0 Å². The zero-order chi connectivity index (χ0) is 49.7. The maximum absolute atomic E-state index is 3.60. The molecule has 0 aromatic carbocycles. The van der Waals surface area contributed by atoms with E-state index in [4.69, 9.17) is 0 Å².